The highest BCUT2D eigenvalue weighted by atomic mass is 32.2. The summed E-state index contributed by atoms with van der Waals surface area (Å²) in [5, 5.41) is 9.91. The van der Waals surface area contributed by atoms with Crippen molar-refractivity contribution in [3.8, 4) is 0 Å². The van der Waals surface area contributed by atoms with Crippen molar-refractivity contribution in [2.75, 3.05) is 13.2 Å². The van der Waals surface area contributed by atoms with Crippen molar-refractivity contribution in [1.29, 1.82) is 0 Å². The van der Waals surface area contributed by atoms with Gasteiger partial charge in [-0.15, -0.1) is 0 Å². The van der Waals surface area contributed by atoms with Gasteiger partial charge in [-0.25, -0.2) is 9.52 Å². The van der Waals surface area contributed by atoms with Gasteiger partial charge in [0.25, 0.3) is 0 Å². The molecule has 0 fully saturated rings. The van der Waals surface area contributed by atoms with Crippen LogP contribution in [0.1, 0.15) is 34.1 Å². The van der Waals surface area contributed by atoms with Crippen LogP contribution in [0.15, 0.2) is 0 Å². The maximum absolute atomic E-state index is 11.4. The van der Waals surface area contributed by atoms with E-state index in [1.807, 2.05) is 13.8 Å². The zero-order chi connectivity index (χ0) is 14.4. The zero-order valence-electron chi connectivity index (χ0n) is 11.2. The lowest BCUT2D eigenvalue weighted by Crippen LogP contribution is -2.47. The molecule has 0 bridgehead atoms. The molecule has 8 heteroatoms. The first-order valence-corrected chi connectivity index (χ1v) is 7.23. The molecule has 3 N–H and O–H groups in total. The first-order chi connectivity index (χ1) is 8.08. The number of carbonyl (C=O) groups excluding carboxylic acids is 1. The fourth-order valence-corrected chi connectivity index (χ4v) is 2.36. The zero-order valence-corrected chi connectivity index (χ0v) is 12.0. The third-order valence-corrected chi connectivity index (χ3v) is 2.94. The van der Waals surface area contributed by atoms with Gasteiger partial charge >= 0.3 is 16.3 Å². The topological polar surface area (TPSA) is 105 Å². The van der Waals surface area contributed by atoms with E-state index in [0.29, 0.717) is 6.42 Å². The Hall–Kier alpha value is -0.860. The Morgan fingerprint density at radius 3 is 2.44 bits per heavy atom. The average molecular weight is 282 g/mol. The van der Waals surface area contributed by atoms with Crippen molar-refractivity contribution < 1.29 is 23.1 Å². The van der Waals surface area contributed by atoms with Gasteiger partial charge in [-0.05, 0) is 26.2 Å². The van der Waals surface area contributed by atoms with Crippen molar-refractivity contribution in [2.24, 2.45) is 5.92 Å². The molecule has 18 heavy (non-hydrogen) atoms. The van der Waals surface area contributed by atoms with Crippen molar-refractivity contribution in [2.45, 2.75) is 39.7 Å². The van der Waals surface area contributed by atoms with Gasteiger partial charge in [0, 0.05) is 6.54 Å². The number of aliphatic hydroxyl groups is 1. The van der Waals surface area contributed by atoms with Crippen LogP contribution < -0.4 is 9.44 Å². The van der Waals surface area contributed by atoms with E-state index in [1.165, 1.54) is 6.92 Å². The van der Waals surface area contributed by atoms with E-state index < -0.39 is 21.9 Å². The lowest BCUT2D eigenvalue weighted by Gasteiger charge is -2.25. The molecule has 7 nitrogen and oxygen atoms in total. The van der Waals surface area contributed by atoms with Gasteiger partial charge in [-0.3, -0.25) is 0 Å². The lowest BCUT2D eigenvalue weighted by atomic mass is 9.95. The van der Waals surface area contributed by atoms with Crippen LogP contribution >= 0.6 is 0 Å². The molecule has 0 aliphatic carbocycles. The smallest absolute Gasteiger partial charge is 0.421 e. The van der Waals surface area contributed by atoms with Crippen LogP contribution in [0.25, 0.3) is 0 Å². The molecule has 0 spiro atoms. The van der Waals surface area contributed by atoms with Crippen LogP contribution in [0.4, 0.5) is 4.79 Å². The summed E-state index contributed by atoms with van der Waals surface area (Å²) in [6.07, 6.45) is -0.608. The lowest BCUT2D eigenvalue weighted by molar-refractivity contribution is 0.0435. The highest BCUT2D eigenvalue weighted by Crippen LogP contribution is 2.15. The molecule has 1 amide bonds. The average Bonchev–Trinajstić information content (AvgIpc) is 2.12. The van der Waals surface area contributed by atoms with Crippen LogP contribution in [0.3, 0.4) is 0 Å². The second-order valence-electron chi connectivity index (χ2n) is 4.74. The van der Waals surface area contributed by atoms with Crippen molar-refractivity contribution >= 4 is 16.3 Å². The summed E-state index contributed by atoms with van der Waals surface area (Å²) >= 11 is 0. The highest BCUT2D eigenvalue weighted by Gasteiger charge is 2.25. The third kappa shape index (κ3) is 8.26. The molecule has 0 aliphatic rings. The largest absolute Gasteiger partial charge is 0.449 e. The maximum Gasteiger partial charge on any atom is 0.421 e. The summed E-state index contributed by atoms with van der Waals surface area (Å²) < 4.78 is 31.0. The molecule has 1 atom stereocenters. The number of ether oxygens (including phenoxy) is 1. The SMILES string of the molecule is CCOC(=O)NS(=O)(=O)NCC(C)(O)CC(C)C. The van der Waals surface area contributed by atoms with E-state index in [2.05, 4.69) is 9.46 Å². The fraction of sp³-hybridized carbons (Fsp3) is 0.900. The predicted molar refractivity (Wildman–Crippen MR) is 67.2 cm³/mol. The Bertz CT molecular complexity index is 364. The molecule has 0 radical (unpaired) electrons. The fourth-order valence-electron chi connectivity index (χ4n) is 1.51. The van der Waals surface area contributed by atoms with Gasteiger partial charge in [0.1, 0.15) is 0 Å². The van der Waals surface area contributed by atoms with E-state index >= 15 is 0 Å². The van der Waals surface area contributed by atoms with Crippen molar-refractivity contribution in [3.63, 3.8) is 0 Å². The number of hydrogen-bond acceptors (Lipinski definition) is 5. The number of nitrogens with one attached hydrogen (secondary N) is 2. The van der Waals surface area contributed by atoms with Gasteiger partial charge in [-0.2, -0.15) is 13.1 Å². The Balaban J connectivity index is 4.30. The third-order valence-electron chi connectivity index (χ3n) is 1.98. The van der Waals surface area contributed by atoms with Crippen LogP contribution in [0, 0.1) is 5.92 Å². The molecule has 0 aromatic rings. The van der Waals surface area contributed by atoms with E-state index in [1.54, 1.807) is 11.6 Å². The summed E-state index contributed by atoms with van der Waals surface area (Å²) in [6, 6.07) is 0. The van der Waals surface area contributed by atoms with Gasteiger partial charge < -0.3 is 9.84 Å². The first-order valence-electron chi connectivity index (χ1n) is 5.74. The minimum Gasteiger partial charge on any atom is -0.449 e. The quantitative estimate of drug-likeness (QED) is 0.625. The molecule has 0 rings (SSSR count). The van der Waals surface area contributed by atoms with Gasteiger partial charge in [0.05, 0.1) is 12.2 Å². The normalized spacial score (nSPS) is 15.2. The molecule has 0 aromatic carbocycles. The van der Waals surface area contributed by atoms with Crippen LogP contribution in [-0.4, -0.2) is 38.4 Å². The molecular formula is C10H22N2O5S. The molecule has 1 unspecified atom stereocenters. The van der Waals surface area contributed by atoms with E-state index in [-0.39, 0.29) is 19.1 Å². The highest BCUT2D eigenvalue weighted by molar-refractivity contribution is 7.88. The number of carbonyl (C=O) groups is 1. The summed E-state index contributed by atoms with van der Waals surface area (Å²) in [5.74, 6) is 0.225. The first kappa shape index (κ1) is 17.1. The molecule has 0 saturated heterocycles. The number of hydrogen-bond donors (Lipinski definition) is 3. The Labute approximate surface area is 108 Å². The van der Waals surface area contributed by atoms with Gasteiger partial charge in [0.2, 0.25) is 0 Å². The Morgan fingerprint density at radius 1 is 1.44 bits per heavy atom. The molecular weight excluding hydrogens is 260 g/mol. The van der Waals surface area contributed by atoms with E-state index in [0.717, 1.165) is 0 Å². The number of amides is 1. The second-order valence-corrected chi connectivity index (χ2v) is 6.24. The second kappa shape index (κ2) is 6.91. The Kier molecular flexibility index (Phi) is 6.58. The summed E-state index contributed by atoms with van der Waals surface area (Å²) in [7, 11) is -4.01. The standard InChI is InChI=1S/C10H22N2O5S/c1-5-17-9(13)12-18(15,16)11-7-10(4,14)6-8(2)3/h8,11,14H,5-7H2,1-4H3,(H,12,13). The molecule has 0 aliphatic heterocycles. The summed E-state index contributed by atoms with van der Waals surface area (Å²) in [4.78, 5) is 10.9. The van der Waals surface area contributed by atoms with Gasteiger partial charge in [0.15, 0.2) is 0 Å². The van der Waals surface area contributed by atoms with Crippen LogP contribution in [-0.2, 0) is 14.9 Å². The van der Waals surface area contributed by atoms with E-state index in [4.69, 9.17) is 0 Å². The molecule has 0 saturated carbocycles. The van der Waals surface area contributed by atoms with Crippen molar-refractivity contribution in [3.05, 3.63) is 0 Å². The monoisotopic (exact) mass is 282 g/mol. The van der Waals surface area contributed by atoms with Crippen LogP contribution in [0.2, 0.25) is 0 Å². The minimum atomic E-state index is -4.01. The summed E-state index contributed by atoms with van der Waals surface area (Å²) in [6.45, 7) is 6.82. The molecule has 0 heterocycles. The molecule has 0 aromatic heterocycles. The van der Waals surface area contributed by atoms with Crippen molar-refractivity contribution in [1.82, 2.24) is 9.44 Å². The summed E-state index contributed by atoms with van der Waals surface area (Å²) in [5.41, 5.74) is -1.17. The predicted octanol–water partition coefficient (Wildman–Crippen LogP) is 0.364. The van der Waals surface area contributed by atoms with Crippen LogP contribution in [0.5, 0.6) is 0 Å². The van der Waals surface area contributed by atoms with E-state index in [9.17, 15) is 18.3 Å². The van der Waals surface area contributed by atoms with Gasteiger partial charge in [-0.1, -0.05) is 13.8 Å². The molecule has 108 valence electrons. The Morgan fingerprint density at radius 2 is 2.00 bits per heavy atom. The number of rotatable bonds is 7. The minimum absolute atomic E-state index is 0.0758. The maximum atomic E-state index is 11.4.